The molecule has 0 aliphatic heterocycles. The van der Waals surface area contributed by atoms with E-state index in [0.29, 0.717) is 0 Å². The summed E-state index contributed by atoms with van der Waals surface area (Å²) in [7, 11) is 0. The second-order valence-corrected chi connectivity index (χ2v) is 5.01. The van der Waals surface area contributed by atoms with Crippen LogP contribution in [-0.2, 0) is 14.3 Å². The number of ether oxygens (including phenoxy) is 2. The molecule has 6 nitrogen and oxygen atoms in total. The lowest BCUT2D eigenvalue weighted by Gasteiger charge is -2.22. The van der Waals surface area contributed by atoms with Crippen LogP contribution in [0.25, 0.3) is 0 Å². The van der Waals surface area contributed by atoms with Crippen molar-refractivity contribution in [3.63, 3.8) is 0 Å². The van der Waals surface area contributed by atoms with Gasteiger partial charge in [0.1, 0.15) is 5.60 Å². The first-order chi connectivity index (χ1) is 8.11. The number of rotatable bonds is 6. The molecule has 0 radical (unpaired) electrons. The standard InChI is InChI=1S/C12H21NO5/c1-8(2)6-17-7-9(10(14)15)13-11(16)18-12(3,4)5/h9H,1,6-7H2,2-5H3,(H,13,16)(H,14,15). The fourth-order valence-electron chi connectivity index (χ4n) is 0.976. The van der Waals surface area contributed by atoms with Crippen molar-refractivity contribution in [1.29, 1.82) is 0 Å². The molecule has 1 amide bonds. The Hall–Kier alpha value is -1.56. The molecule has 0 aromatic carbocycles. The van der Waals surface area contributed by atoms with Crippen LogP contribution in [-0.4, -0.2) is 42.0 Å². The van der Waals surface area contributed by atoms with Gasteiger partial charge in [-0.2, -0.15) is 0 Å². The quantitative estimate of drug-likeness (QED) is 0.707. The number of carboxylic acids is 1. The van der Waals surface area contributed by atoms with E-state index in [-0.39, 0.29) is 13.2 Å². The van der Waals surface area contributed by atoms with Gasteiger partial charge in [-0.25, -0.2) is 9.59 Å². The Morgan fingerprint density at radius 1 is 1.39 bits per heavy atom. The van der Waals surface area contributed by atoms with Gasteiger partial charge in [-0.15, -0.1) is 0 Å². The van der Waals surface area contributed by atoms with E-state index in [9.17, 15) is 9.59 Å². The van der Waals surface area contributed by atoms with Crippen molar-refractivity contribution in [2.45, 2.75) is 39.3 Å². The Balaban J connectivity index is 4.23. The fourth-order valence-corrected chi connectivity index (χ4v) is 0.976. The van der Waals surface area contributed by atoms with Crippen molar-refractivity contribution >= 4 is 12.1 Å². The predicted molar refractivity (Wildman–Crippen MR) is 66.4 cm³/mol. The Bertz CT molecular complexity index is 319. The van der Waals surface area contributed by atoms with Gasteiger partial charge < -0.3 is 19.9 Å². The number of carboxylic acid groups (broad SMARTS) is 1. The van der Waals surface area contributed by atoms with E-state index in [1.807, 2.05) is 0 Å². The molecule has 0 aromatic heterocycles. The first kappa shape index (κ1) is 16.4. The van der Waals surface area contributed by atoms with Crippen LogP contribution < -0.4 is 5.32 Å². The third-order valence-electron chi connectivity index (χ3n) is 1.62. The van der Waals surface area contributed by atoms with Gasteiger partial charge in [0, 0.05) is 0 Å². The number of hydrogen-bond acceptors (Lipinski definition) is 4. The maximum absolute atomic E-state index is 11.4. The Morgan fingerprint density at radius 2 is 1.94 bits per heavy atom. The topological polar surface area (TPSA) is 84.9 Å². The molecule has 1 atom stereocenters. The molecule has 0 aliphatic carbocycles. The van der Waals surface area contributed by atoms with Crippen LogP contribution >= 0.6 is 0 Å². The highest BCUT2D eigenvalue weighted by atomic mass is 16.6. The molecule has 0 saturated carbocycles. The molecule has 1 unspecified atom stereocenters. The van der Waals surface area contributed by atoms with Gasteiger partial charge in [-0.05, 0) is 27.7 Å². The molecular formula is C12H21NO5. The summed E-state index contributed by atoms with van der Waals surface area (Å²) in [6.45, 7) is 10.6. The van der Waals surface area contributed by atoms with Gasteiger partial charge in [0.2, 0.25) is 0 Å². The van der Waals surface area contributed by atoms with Crippen LogP contribution in [0.3, 0.4) is 0 Å². The van der Waals surface area contributed by atoms with Crippen molar-refractivity contribution in [2.24, 2.45) is 0 Å². The lowest BCUT2D eigenvalue weighted by molar-refractivity contribution is -0.141. The maximum Gasteiger partial charge on any atom is 0.408 e. The highest BCUT2D eigenvalue weighted by Crippen LogP contribution is 2.06. The highest BCUT2D eigenvalue weighted by molar-refractivity contribution is 5.80. The fraction of sp³-hybridized carbons (Fsp3) is 0.667. The molecular weight excluding hydrogens is 238 g/mol. The second-order valence-electron chi connectivity index (χ2n) is 5.01. The van der Waals surface area contributed by atoms with Crippen molar-refractivity contribution in [2.75, 3.05) is 13.2 Å². The summed E-state index contributed by atoms with van der Waals surface area (Å²) >= 11 is 0. The minimum atomic E-state index is -1.18. The van der Waals surface area contributed by atoms with Crippen LogP contribution in [0.4, 0.5) is 4.79 Å². The number of amides is 1. The Kier molecular flexibility index (Phi) is 6.40. The van der Waals surface area contributed by atoms with Gasteiger partial charge in [0.15, 0.2) is 6.04 Å². The average molecular weight is 259 g/mol. The molecule has 0 aromatic rings. The molecule has 0 heterocycles. The Labute approximate surface area is 107 Å². The van der Waals surface area contributed by atoms with E-state index in [1.165, 1.54) is 0 Å². The zero-order chi connectivity index (χ0) is 14.3. The molecule has 104 valence electrons. The summed E-state index contributed by atoms with van der Waals surface area (Å²) in [4.78, 5) is 22.3. The summed E-state index contributed by atoms with van der Waals surface area (Å²) in [5.74, 6) is -1.18. The average Bonchev–Trinajstić information content (AvgIpc) is 2.12. The van der Waals surface area contributed by atoms with Crippen LogP contribution in [0, 0.1) is 0 Å². The normalized spacial score (nSPS) is 12.7. The summed E-state index contributed by atoms with van der Waals surface area (Å²) < 4.78 is 10.1. The zero-order valence-electron chi connectivity index (χ0n) is 11.3. The number of carbonyl (C=O) groups is 2. The third-order valence-corrected chi connectivity index (χ3v) is 1.62. The first-order valence-corrected chi connectivity index (χ1v) is 5.56. The van der Waals surface area contributed by atoms with Crippen molar-refractivity contribution < 1.29 is 24.2 Å². The molecule has 0 spiro atoms. The number of aliphatic carboxylic acids is 1. The first-order valence-electron chi connectivity index (χ1n) is 5.56. The van der Waals surface area contributed by atoms with Crippen molar-refractivity contribution in [1.82, 2.24) is 5.32 Å². The van der Waals surface area contributed by atoms with Gasteiger partial charge >= 0.3 is 12.1 Å². The second kappa shape index (κ2) is 7.00. The summed E-state index contributed by atoms with van der Waals surface area (Å²) in [5.41, 5.74) is 0.0995. The van der Waals surface area contributed by atoms with Gasteiger partial charge in [0.25, 0.3) is 0 Å². The smallest absolute Gasteiger partial charge is 0.408 e. The van der Waals surface area contributed by atoms with E-state index in [2.05, 4.69) is 11.9 Å². The highest BCUT2D eigenvalue weighted by Gasteiger charge is 2.23. The summed E-state index contributed by atoms with van der Waals surface area (Å²) in [6, 6.07) is -1.14. The van der Waals surface area contributed by atoms with E-state index < -0.39 is 23.7 Å². The van der Waals surface area contributed by atoms with Crippen LogP contribution in [0.15, 0.2) is 12.2 Å². The van der Waals surface area contributed by atoms with E-state index >= 15 is 0 Å². The third kappa shape index (κ3) is 8.58. The minimum Gasteiger partial charge on any atom is -0.480 e. The largest absolute Gasteiger partial charge is 0.480 e. The molecule has 0 bridgehead atoms. The number of carbonyl (C=O) groups excluding carboxylic acids is 1. The molecule has 0 aliphatic rings. The van der Waals surface area contributed by atoms with E-state index in [1.54, 1.807) is 27.7 Å². The number of alkyl carbamates (subject to hydrolysis) is 1. The number of nitrogens with one attached hydrogen (secondary N) is 1. The molecule has 6 heteroatoms. The number of hydrogen-bond donors (Lipinski definition) is 2. The maximum atomic E-state index is 11.4. The molecule has 0 saturated heterocycles. The SMILES string of the molecule is C=C(C)COCC(NC(=O)OC(C)(C)C)C(=O)O. The lowest BCUT2D eigenvalue weighted by Crippen LogP contribution is -2.46. The molecule has 18 heavy (non-hydrogen) atoms. The van der Waals surface area contributed by atoms with Gasteiger partial charge in [-0.1, -0.05) is 12.2 Å². The Morgan fingerprint density at radius 3 is 2.33 bits per heavy atom. The van der Waals surface area contributed by atoms with Crippen LogP contribution in [0.5, 0.6) is 0 Å². The predicted octanol–water partition coefficient (Wildman–Crippen LogP) is 1.56. The lowest BCUT2D eigenvalue weighted by atomic mass is 10.2. The van der Waals surface area contributed by atoms with Crippen molar-refractivity contribution in [3.8, 4) is 0 Å². The van der Waals surface area contributed by atoms with Gasteiger partial charge in [-0.3, -0.25) is 0 Å². The van der Waals surface area contributed by atoms with Crippen LogP contribution in [0.2, 0.25) is 0 Å². The molecule has 0 fully saturated rings. The zero-order valence-corrected chi connectivity index (χ0v) is 11.3. The van der Waals surface area contributed by atoms with Crippen LogP contribution in [0.1, 0.15) is 27.7 Å². The molecule has 0 rings (SSSR count). The van der Waals surface area contributed by atoms with E-state index in [0.717, 1.165) is 5.57 Å². The summed E-state index contributed by atoms with van der Waals surface area (Å²) in [6.07, 6.45) is -0.783. The van der Waals surface area contributed by atoms with E-state index in [4.69, 9.17) is 14.6 Å². The van der Waals surface area contributed by atoms with Gasteiger partial charge in [0.05, 0.1) is 13.2 Å². The monoisotopic (exact) mass is 259 g/mol. The molecule has 2 N–H and O–H groups in total. The minimum absolute atomic E-state index is 0.137. The summed E-state index contributed by atoms with van der Waals surface area (Å²) in [5, 5.41) is 11.1. The van der Waals surface area contributed by atoms with Crippen molar-refractivity contribution in [3.05, 3.63) is 12.2 Å².